The molecule has 0 atom stereocenters. The Bertz CT molecular complexity index is 702. The number of nitrogens with one attached hydrogen (secondary N) is 1. The second-order valence-electron chi connectivity index (χ2n) is 5.65. The first kappa shape index (κ1) is 21.9. The monoisotopic (exact) mass is 415 g/mol. The number of hydrogen-bond donors (Lipinski definition) is 1. The van der Waals surface area contributed by atoms with Gasteiger partial charge >= 0.3 is 12.5 Å². The lowest BCUT2D eigenvalue weighted by Gasteiger charge is -2.35. The lowest BCUT2D eigenvalue weighted by Crippen LogP contribution is -2.52. The van der Waals surface area contributed by atoms with Crippen molar-refractivity contribution in [1.29, 1.82) is 0 Å². The molecule has 1 aliphatic rings. The van der Waals surface area contributed by atoms with Crippen molar-refractivity contribution >= 4 is 11.8 Å². The molecule has 0 bridgehead atoms. The van der Waals surface area contributed by atoms with Crippen molar-refractivity contribution < 1.29 is 45.8 Å². The summed E-state index contributed by atoms with van der Waals surface area (Å²) in [5.74, 6) is -1.45. The van der Waals surface area contributed by atoms with E-state index in [1.54, 1.807) is 5.48 Å². The Morgan fingerprint density at radius 1 is 0.964 bits per heavy atom. The van der Waals surface area contributed by atoms with Crippen LogP contribution in [0.25, 0.3) is 0 Å². The molecule has 0 unspecified atom stereocenters. The van der Waals surface area contributed by atoms with Crippen LogP contribution in [0, 0.1) is 0 Å². The van der Waals surface area contributed by atoms with Crippen LogP contribution < -0.4 is 5.48 Å². The van der Waals surface area contributed by atoms with Crippen molar-refractivity contribution in [3.8, 4) is 0 Å². The Balaban J connectivity index is 1.87. The second-order valence-corrected chi connectivity index (χ2v) is 5.65. The van der Waals surface area contributed by atoms with Crippen molar-refractivity contribution in [3.63, 3.8) is 0 Å². The molecule has 1 aliphatic heterocycles. The molecule has 2 amide bonds. The van der Waals surface area contributed by atoms with Crippen LogP contribution in [0.15, 0.2) is 24.3 Å². The summed E-state index contributed by atoms with van der Waals surface area (Å²) in [5.41, 5.74) is 0.141. The SMILES string of the molecule is O=C(CNOOC(F)(F)F)N1CCN(C(=O)c2ccccc2C(F)(F)F)CC1. The first-order valence-corrected chi connectivity index (χ1v) is 7.86. The van der Waals surface area contributed by atoms with E-state index in [9.17, 15) is 35.9 Å². The highest BCUT2D eigenvalue weighted by atomic mass is 19.4. The summed E-state index contributed by atoms with van der Waals surface area (Å²) < 4.78 is 74.2. The molecule has 2 rings (SSSR count). The van der Waals surface area contributed by atoms with Gasteiger partial charge in [-0.05, 0) is 12.1 Å². The minimum Gasteiger partial charge on any atom is -0.338 e. The third-order valence-electron chi connectivity index (χ3n) is 3.80. The summed E-state index contributed by atoms with van der Waals surface area (Å²) in [6.07, 6.45) is -9.72. The number of nitrogens with zero attached hydrogens (tertiary/aromatic N) is 2. The number of carbonyl (C=O) groups is 2. The number of rotatable bonds is 5. The zero-order valence-corrected chi connectivity index (χ0v) is 14.1. The number of alkyl halides is 6. The highest BCUT2D eigenvalue weighted by Crippen LogP contribution is 2.32. The van der Waals surface area contributed by atoms with Gasteiger partial charge in [-0.25, -0.2) is 0 Å². The normalized spacial score (nSPS) is 15.6. The lowest BCUT2D eigenvalue weighted by atomic mass is 10.1. The topological polar surface area (TPSA) is 71.1 Å². The van der Waals surface area contributed by atoms with Gasteiger partial charge in [-0.2, -0.15) is 18.7 Å². The molecule has 0 spiro atoms. The molecule has 28 heavy (non-hydrogen) atoms. The molecule has 1 fully saturated rings. The van der Waals surface area contributed by atoms with Crippen LogP contribution in [0.2, 0.25) is 0 Å². The van der Waals surface area contributed by atoms with Crippen LogP contribution in [-0.4, -0.2) is 60.7 Å². The van der Waals surface area contributed by atoms with E-state index < -0.39 is 42.0 Å². The summed E-state index contributed by atoms with van der Waals surface area (Å²) in [6, 6.07) is 4.37. The van der Waals surface area contributed by atoms with Gasteiger partial charge in [-0.15, -0.1) is 23.0 Å². The Morgan fingerprint density at radius 3 is 2.11 bits per heavy atom. The Hall–Kier alpha value is -2.38. The first-order chi connectivity index (χ1) is 13.0. The van der Waals surface area contributed by atoms with Crippen LogP contribution >= 0.6 is 0 Å². The maximum Gasteiger partial charge on any atom is 0.550 e. The van der Waals surface area contributed by atoms with Gasteiger partial charge in [0.1, 0.15) is 6.54 Å². The van der Waals surface area contributed by atoms with Gasteiger partial charge in [0.05, 0.1) is 11.1 Å². The summed E-state index contributed by atoms with van der Waals surface area (Å²) in [7, 11) is 0. The van der Waals surface area contributed by atoms with E-state index in [2.05, 4.69) is 9.88 Å². The smallest absolute Gasteiger partial charge is 0.338 e. The third-order valence-corrected chi connectivity index (χ3v) is 3.80. The molecule has 7 nitrogen and oxygen atoms in total. The Kier molecular flexibility index (Phi) is 6.85. The number of hydroxylamine groups is 1. The number of halogens is 6. The number of hydrogen-bond acceptors (Lipinski definition) is 5. The predicted molar refractivity (Wildman–Crippen MR) is 80.2 cm³/mol. The highest BCUT2D eigenvalue weighted by molar-refractivity contribution is 5.96. The molecule has 1 aromatic carbocycles. The van der Waals surface area contributed by atoms with E-state index in [0.29, 0.717) is 0 Å². The standard InChI is InChI=1S/C15H15F6N3O4/c16-14(17,18)11-4-2-1-3-10(11)13(26)24-7-5-23(6-8-24)12(25)9-22-28-27-15(19,20)21/h1-4,22H,5-9H2. The quantitative estimate of drug-likeness (QED) is 0.345. The fourth-order valence-electron chi connectivity index (χ4n) is 2.53. The summed E-state index contributed by atoms with van der Waals surface area (Å²) >= 11 is 0. The van der Waals surface area contributed by atoms with E-state index in [0.717, 1.165) is 12.1 Å². The van der Waals surface area contributed by atoms with E-state index in [-0.39, 0.29) is 26.2 Å². The molecule has 0 radical (unpaired) electrons. The first-order valence-electron chi connectivity index (χ1n) is 7.86. The van der Waals surface area contributed by atoms with Crippen LogP contribution in [0.3, 0.4) is 0 Å². The van der Waals surface area contributed by atoms with Gasteiger partial charge in [-0.3, -0.25) is 9.59 Å². The van der Waals surface area contributed by atoms with Crippen molar-refractivity contribution in [2.75, 3.05) is 32.7 Å². The van der Waals surface area contributed by atoms with Gasteiger partial charge in [0.25, 0.3) is 5.91 Å². The summed E-state index contributed by atoms with van der Waals surface area (Å²) in [4.78, 5) is 33.3. The molecule has 1 aromatic rings. The molecule has 156 valence electrons. The molecular formula is C15H15F6N3O4. The largest absolute Gasteiger partial charge is 0.550 e. The number of carbonyl (C=O) groups excluding carboxylic acids is 2. The fraction of sp³-hybridized carbons (Fsp3) is 0.467. The maximum absolute atomic E-state index is 13.0. The Morgan fingerprint density at radius 2 is 1.54 bits per heavy atom. The van der Waals surface area contributed by atoms with E-state index in [1.807, 2.05) is 0 Å². The zero-order chi connectivity index (χ0) is 20.9. The lowest BCUT2D eigenvalue weighted by molar-refractivity contribution is -0.502. The molecule has 1 saturated heterocycles. The molecular weight excluding hydrogens is 400 g/mol. The van der Waals surface area contributed by atoms with E-state index in [1.165, 1.54) is 21.9 Å². The van der Waals surface area contributed by atoms with Crippen molar-refractivity contribution in [2.24, 2.45) is 0 Å². The maximum atomic E-state index is 13.0. The summed E-state index contributed by atoms with van der Waals surface area (Å²) in [5, 5.41) is 0. The minimum atomic E-state index is -5.03. The minimum absolute atomic E-state index is 0.000562. The molecule has 0 aliphatic carbocycles. The summed E-state index contributed by atoms with van der Waals surface area (Å²) in [6.45, 7) is -0.685. The van der Waals surface area contributed by atoms with Crippen LogP contribution in [0.1, 0.15) is 15.9 Å². The fourth-order valence-corrected chi connectivity index (χ4v) is 2.53. The van der Waals surface area contributed by atoms with Gasteiger partial charge < -0.3 is 9.80 Å². The van der Waals surface area contributed by atoms with Crippen molar-refractivity contribution in [3.05, 3.63) is 35.4 Å². The molecule has 1 heterocycles. The predicted octanol–water partition coefficient (Wildman–Crippen LogP) is 1.96. The average Bonchev–Trinajstić information content (AvgIpc) is 2.63. The second kappa shape index (κ2) is 8.75. The number of piperazine rings is 1. The molecule has 13 heteroatoms. The average molecular weight is 415 g/mol. The van der Waals surface area contributed by atoms with Crippen LogP contribution in [-0.2, 0) is 20.8 Å². The highest BCUT2D eigenvalue weighted by Gasteiger charge is 2.36. The van der Waals surface area contributed by atoms with Gasteiger partial charge in [0, 0.05) is 26.2 Å². The van der Waals surface area contributed by atoms with E-state index >= 15 is 0 Å². The molecule has 0 saturated carbocycles. The van der Waals surface area contributed by atoms with Crippen LogP contribution in [0.5, 0.6) is 0 Å². The van der Waals surface area contributed by atoms with Crippen molar-refractivity contribution in [1.82, 2.24) is 15.3 Å². The Labute approximate surface area is 154 Å². The van der Waals surface area contributed by atoms with Gasteiger partial charge in [0.2, 0.25) is 5.91 Å². The third kappa shape index (κ3) is 6.07. The zero-order valence-electron chi connectivity index (χ0n) is 14.1. The van der Waals surface area contributed by atoms with Gasteiger partial charge in [-0.1, -0.05) is 12.1 Å². The van der Waals surface area contributed by atoms with Gasteiger partial charge in [0.15, 0.2) is 0 Å². The number of amides is 2. The van der Waals surface area contributed by atoms with Crippen LogP contribution in [0.4, 0.5) is 26.3 Å². The molecule has 0 aromatic heterocycles. The molecule has 1 N–H and O–H groups in total. The van der Waals surface area contributed by atoms with E-state index in [4.69, 9.17) is 0 Å². The van der Waals surface area contributed by atoms with Crippen molar-refractivity contribution in [2.45, 2.75) is 12.5 Å². The number of benzene rings is 1.